The number of anilines is 2. The fourth-order valence-corrected chi connectivity index (χ4v) is 1.61. The van der Waals surface area contributed by atoms with Gasteiger partial charge in [-0.15, -0.1) is 0 Å². The van der Waals surface area contributed by atoms with Crippen LogP contribution in [0, 0.1) is 5.92 Å². The third-order valence-electron chi connectivity index (χ3n) is 2.72. The van der Waals surface area contributed by atoms with Crippen molar-refractivity contribution in [3.05, 3.63) is 24.3 Å². The van der Waals surface area contributed by atoms with E-state index in [2.05, 4.69) is 24.5 Å². The number of nitrogens with one attached hydrogen (secondary N) is 2. The van der Waals surface area contributed by atoms with E-state index >= 15 is 0 Å². The van der Waals surface area contributed by atoms with Crippen molar-refractivity contribution < 1.29 is 4.79 Å². The molecule has 0 aromatic heterocycles. The third-order valence-corrected chi connectivity index (χ3v) is 2.72. The largest absolute Gasteiger partial charge is 0.399 e. The molecule has 1 aromatic rings. The SMILES string of the molecule is CC(C)CCC(C)NC(=O)Nc1ccc(N)cc1. The molecular formula is C14H23N3O. The van der Waals surface area contributed by atoms with Gasteiger partial charge in [-0.2, -0.15) is 0 Å². The maximum absolute atomic E-state index is 11.7. The Bertz CT molecular complexity index is 373. The molecule has 1 rings (SSSR count). The standard InChI is InChI=1S/C14H23N3O/c1-10(2)4-5-11(3)16-14(18)17-13-8-6-12(15)7-9-13/h6-11H,4-5,15H2,1-3H3,(H2,16,17,18). The minimum atomic E-state index is -0.170. The van der Waals surface area contributed by atoms with Crippen LogP contribution in [0.3, 0.4) is 0 Å². The quantitative estimate of drug-likeness (QED) is 0.701. The maximum Gasteiger partial charge on any atom is 0.319 e. The van der Waals surface area contributed by atoms with Crippen molar-refractivity contribution in [2.24, 2.45) is 5.92 Å². The molecule has 1 aromatic carbocycles. The number of carbonyl (C=O) groups excluding carboxylic acids is 1. The molecule has 0 fully saturated rings. The van der Waals surface area contributed by atoms with Gasteiger partial charge in [-0.05, 0) is 49.9 Å². The van der Waals surface area contributed by atoms with Gasteiger partial charge in [0.1, 0.15) is 0 Å². The number of benzene rings is 1. The van der Waals surface area contributed by atoms with Crippen molar-refractivity contribution in [3.63, 3.8) is 0 Å². The van der Waals surface area contributed by atoms with Gasteiger partial charge in [0.05, 0.1) is 0 Å². The van der Waals surface area contributed by atoms with Crippen LogP contribution >= 0.6 is 0 Å². The molecule has 18 heavy (non-hydrogen) atoms. The van der Waals surface area contributed by atoms with E-state index in [1.807, 2.05) is 6.92 Å². The Balaban J connectivity index is 2.34. The molecule has 0 radical (unpaired) electrons. The van der Waals surface area contributed by atoms with Gasteiger partial charge in [-0.25, -0.2) is 4.79 Å². The summed E-state index contributed by atoms with van der Waals surface area (Å²) in [7, 11) is 0. The van der Waals surface area contributed by atoms with Crippen LogP contribution < -0.4 is 16.4 Å². The highest BCUT2D eigenvalue weighted by atomic mass is 16.2. The highest BCUT2D eigenvalue weighted by Gasteiger charge is 2.07. The molecule has 0 saturated carbocycles. The van der Waals surface area contributed by atoms with Crippen molar-refractivity contribution >= 4 is 17.4 Å². The highest BCUT2D eigenvalue weighted by Crippen LogP contribution is 2.10. The lowest BCUT2D eigenvalue weighted by atomic mass is 10.0. The molecule has 0 aliphatic carbocycles. The van der Waals surface area contributed by atoms with Crippen LogP contribution in [-0.4, -0.2) is 12.1 Å². The highest BCUT2D eigenvalue weighted by molar-refractivity contribution is 5.89. The number of nitrogens with two attached hydrogens (primary N) is 1. The first-order valence-electron chi connectivity index (χ1n) is 6.40. The van der Waals surface area contributed by atoms with E-state index in [4.69, 9.17) is 5.73 Å². The van der Waals surface area contributed by atoms with Gasteiger partial charge in [-0.3, -0.25) is 0 Å². The lowest BCUT2D eigenvalue weighted by Crippen LogP contribution is -2.36. The lowest BCUT2D eigenvalue weighted by molar-refractivity contribution is 0.248. The Morgan fingerprint density at radius 1 is 1.17 bits per heavy atom. The van der Waals surface area contributed by atoms with Crippen molar-refractivity contribution in [2.75, 3.05) is 11.1 Å². The van der Waals surface area contributed by atoms with Gasteiger partial charge in [-0.1, -0.05) is 13.8 Å². The van der Waals surface area contributed by atoms with Gasteiger partial charge < -0.3 is 16.4 Å². The number of urea groups is 1. The third kappa shape index (κ3) is 5.57. The van der Waals surface area contributed by atoms with Gasteiger partial charge in [0.25, 0.3) is 0 Å². The Kier molecular flexibility index (Phi) is 5.49. The van der Waals surface area contributed by atoms with Crippen molar-refractivity contribution in [2.45, 2.75) is 39.7 Å². The average Bonchev–Trinajstić information content (AvgIpc) is 2.29. The summed E-state index contributed by atoms with van der Waals surface area (Å²) in [6.07, 6.45) is 2.11. The zero-order chi connectivity index (χ0) is 13.5. The monoisotopic (exact) mass is 249 g/mol. The normalized spacial score (nSPS) is 12.2. The number of carbonyl (C=O) groups is 1. The summed E-state index contributed by atoms with van der Waals surface area (Å²) in [5, 5.41) is 5.70. The molecule has 0 heterocycles. The first-order valence-corrected chi connectivity index (χ1v) is 6.40. The molecule has 0 spiro atoms. The minimum absolute atomic E-state index is 0.170. The Morgan fingerprint density at radius 3 is 2.33 bits per heavy atom. The van der Waals surface area contributed by atoms with E-state index in [0.717, 1.165) is 18.5 Å². The zero-order valence-electron chi connectivity index (χ0n) is 11.4. The molecule has 4 N–H and O–H groups in total. The fourth-order valence-electron chi connectivity index (χ4n) is 1.61. The molecule has 2 amide bonds. The minimum Gasteiger partial charge on any atom is -0.399 e. The first-order chi connectivity index (χ1) is 8.47. The second-order valence-electron chi connectivity index (χ2n) is 5.09. The molecule has 4 heteroatoms. The van der Waals surface area contributed by atoms with Crippen LogP contribution in [0.2, 0.25) is 0 Å². The molecule has 1 atom stereocenters. The predicted octanol–water partition coefficient (Wildman–Crippen LogP) is 3.22. The summed E-state index contributed by atoms with van der Waals surface area (Å²) in [5.41, 5.74) is 7.01. The van der Waals surface area contributed by atoms with Gasteiger partial charge in [0.2, 0.25) is 0 Å². The second-order valence-corrected chi connectivity index (χ2v) is 5.09. The van der Waals surface area contributed by atoms with Crippen LogP contribution in [-0.2, 0) is 0 Å². The van der Waals surface area contributed by atoms with Gasteiger partial charge in [0, 0.05) is 17.4 Å². The first kappa shape index (κ1) is 14.4. The number of rotatable bonds is 5. The zero-order valence-corrected chi connectivity index (χ0v) is 11.4. The van der Waals surface area contributed by atoms with Crippen LogP contribution in [0.15, 0.2) is 24.3 Å². The van der Waals surface area contributed by atoms with Gasteiger partial charge >= 0.3 is 6.03 Å². The van der Waals surface area contributed by atoms with E-state index in [1.165, 1.54) is 0 Å². The van der Waals surface area contributed by atoms with E-state index in [-0.39, 0.29) is 12.1 Å². The van der Waals surface area contributed by atoms with E-state index in [1.54, 1.807) is 24.3 Å². The van der Waals surface area contributed by atoms with Crippen molar-refractivity contribution in [1.82, 2.24) is 5.32 Å². The topological polar surface area (TPSA) is 67.2 Å². The second kappa shape index (κ2) is 6.89. The van der Waals surface area contributed by atoms with Crippen molar-refractivity contribution in [1.29, 1.82) is 0 Å². The molecule has 0 aliphatic heterocycles. The van der Waals surface area contributed by atoms with Crippen molar-refractivity contribution in [3.8, 4) is 0 Å². The smallest absolute Gasteiger partial charge is 0.319 e. The Morgan fingerprint density at radius 2 is 1.78 bits per heavy atom. The summed E-state index contributed by atoms with van der Waals surface area (Å²) in [6, 6.07) is 7.11. The molecule has 0 bridgehead atoms. The predicted molar refractivity (Wildman–Crippen MR) is 76.5 cm³/mol. The summed E-state index contributed by atoms with van der Waals surface area (Å²) in [6.45, 7) is 6.38. The molecular weight excluding hydrogens is 226 g/mol. The summed E-state index contributed by atoms with van der Waals surface area (Å²) < 4.78 is 0. The molecule has 0 aliphatic rings. The average molecular weight is 249 g/mol. The lowest BCUT2D eigenvalue weighted by Gasteiger charge is -2.15. The molecule has 1 unspecified atom stereocenters. The van der Waals surface area contributed by atoms with E-state index in [0.29, 0.717) is 11.6 Å². The molecule has 100 valence electrons. The number of hydrogen-bond donors (Lipinski definition) is 3. The summed E-state index contributed by atoms with van der Waals surface area (Å²) in [4.78, 5) is 11.7. The van der Waals surface area contributed by atoms with E-state index < -0.39 is 0 Å². The maximum atomic E-state index is 11.7. The van der Waals surface area contributed by atoms with Crippen LogP contribution in [0.1, 0.15) is 33.6 Å². The molecule has 0 saturated heterocycles. The van der Waals surface area contributed by atoms with Crippen LogP contribution in [0.25, 0.3) is 0 Å². The Labute approximate surface area is 109 Å². The Hall–Kier alpha value is -1.71. The van der Waals surface area contributed by atoms with Crippen LogP contribution in [0.4, 0.5) is 16.2 Å². The van der Waals surface area contributed by atoms with Gasteiger partial charge in [0.15, 0.2) is 0 Å². The molecule has 4 nitrogen and oxygen atoms in total. The fraction of sp³-hybridized carbons (Fsp3) is 0.500. The number of hydrogen-bond acceptors (Lipinski definition) is 2. The summed E-state index contributed by atoms with van der Waals surface area (Å²) >= 11 is 0. The number of nitrogen functional groups attached to an aromatic ring is 1. The van der Waals surface area contributed by atoms with E-state index in [9.17, 15) is 4.79 Å². The number of amides is 2. The summed E-state index contributed by atoms with van der Waals surface area (Å²) in [5.74, 6) is 0.661. The van der Waals surface area contributed by atoms with Crippen LogP contribution in [0.5, 0.6) is 0 Å².